The average molecular weight is 520 g/mol. The van der Waals surface area contributed by atoms with Crippen molar-refractivity contribution >= 4 is 40.1 Å². The van der Waals surface area contributed by atoms with Crippen molar-refractivity contribution in [1.29, 1.82) is 0 Å². The molecular formula is C30H25N5S2. The van der Waals surface area contributed by atoms with Gasteiger partial charge in [0.2, 0.25) is 0 Å². The number of nitrogens with zero attached hydrogens (tertiary/aromatic N) is 4. The maximum atomic E-state index is 5.92. The number of thiocarbonyl (C=S) groups is 1. The molecule has 2 aromatic heterocycles. The number of hydrazone groups is 1. The molecule has 0 spiro atoms. The molecule has 1 atom stereocenters. The zero-order valence-corrected chi connectivity index (χ0v) is 21.9. The van der Waals surface area contributed by atoms with Gasteiger partial charge in [-0.3, -0.25) is 0 Å². The van der Waals surface area contributed by atoms with Gasteiger partial charge in [-0.2, -0.15) is 21.5 Å². The number of para-hydroxylation sites is 2. The summed E-state index contributed by atoms with van der Waals surface area (Å²) in [5.74, 6) is 0. The lowest BCUT2D eigenvalue weighted by Gasteiger charge is -2.24. The Hall–Kier alpha value is -4.07. The van der Waals surface area contributed by atoms with E-state index in [0.717, 1.165) is 45.9 Å². The predicted octanol–water partition coefficient (Wildman–Crippen LogP) is 7.46. The Kier molecular flexibility index (Phi) is 6.39. The third-order valence-corrected chi connectivity index (χ3v) is 7.42. The second kappa shape index (κ2) is 10.1. The van der Waals surface area contributed by atoms with Gasteiger partial charge in [0.1, 0.15) is 0 Å². The minimum atomic E-state index is -0.104. The van der Waals surface area contributed by atoms with Crippen LogP contribution in [0.2, 0.25) is 0 Å². The largest absolute Gasteiger partial charge is 0.331 e. The molecule has 5 aromatic rings. The minimum Gasteiger partial charge on any atom is -0.331 e. The number of benzene rings is 3. The van der Waals surface area contributed by atoms with E-state index >= 15 is 0 Å². The van der Waals surface area contributed by atoms with Gasteiger partial charge < -0.3 is 5.32 Å². The molecule has 3 aromatic carbocycles. The van der Waals surface area contributed by atoms with Crippen LogP contribution in [0, 0.1) is 6.92 Å². The topological polar surface area (TPSA) is 45.5 Å². The van der Waals surface area contributed by atoms with Crippen molar-refractivity contribution < 1.29 is 0 Å². The molecule has 3 heterocycles. The molecule has 1 aliphatic rings. The van der Waals surface area contributed by atoms with Gasteiger partial charge in [0.25, 0.3) is 0 Å². The number of hydrogen-bond acceptors (Lipinski definition) is 4. The Morgan fingerprint density at radius 3 is 2.35 bits per heavy atom. The molecule has 0 saturated carbocycles. The first-order chi connectivity index (χ1) is 18.2. The molecule has 0 amide bonds. The Balaban J connectivity index is 1.44. The Bertz CT molecular complexity index is 1540. The fourth-order valence-electron chi connectivity index (χ4n) is 4.53. The van der Waals surface area contributed by atoms with Crippen LogP contribution in [0.15, 0.2) is 113 Å². The standard InChI is InChI=1S/C30H25N5S2/c1-21-12-14-22(15-13-21)29-26(19-34(33-29)25-10-6-3-7-11-25)28-18-27(23-16-17-37-20-23)32-35(28)30(36)31-24-8-4-2-5-9-24/h2-17,19-20,28H,18H2,1H3,(H,31,36). The summed E-state index contributed by atoms with van der Waals surface area (Å²) in [7, 11) is 0. The molecule has 6 rings (SSSR count). The van der Waals surface area contributed by atoms with Crippen LogP contribution in [0.5, 0.6) is 0 Å². The van der Waals surface area contributed by atoms with Crippen LogP contribution in [0.1, 0.15) is 29.2 Å². The molecule has 0 aliphatic carbocycles. The molecule has 0 bridgehead atoms. The number of hydrogen-bond donors (Lipinski definition) is 1. The highest BCUT2D eigenvalue weighted by Crippen LogP contribution is 2.39. The monoisotopic (exact) mass is 519 g/mol. The predicted molar refractivity (Wildman–Crippen MR) is 156 cm³/mol. The van der Waals surface area contributed by atoms with Gasteiger partial charge in [0.15, 0.2) is 5.11 Å². The summed E-state index contributed by atoms with van der Waals surface area (Å²) in [4.78, 5) is 0. The Labute approximate surface area is 225 Å². The SMILES string of the molecule is Cc1ccc(-c2nn(-c3ccccc3)cc2C2CC(c3ccsc3)=NN2C(=S)Nc2ccccc2)cc1. The minimum absolute atomic E-state index is 0.104. The number of anilines is 1. The number of rotatable bonds is 5. The molecule has 1 aliphatic heterocycles. The van der Waals surface area contributed by atoms with Gasteiger partial charge in [-0.1, -0.05) is 66.2 Å². The van der Waals surface area contributed by atoms with Crippen molar-refractivity contribution in [3.63, 3.8) is 0 Å². The fourth-order valence-corrected chi connectivity index (χ4v) is 5.48. The van der Waals surface area contributed by atoms with Gasteiger partial charge in [-0.05, 0) is 60.2 Å². The quantitative estimate of drug-likeness (QED) is 0.245. The smallest absolute Gasteiger partial charge is 0.194 e. The van der Waals surface area contributed by atoms with E-state index < -0.39 is 0 Å². The number of aromatic nitrogens is 2. The van der Waals surface area contributed by atoms with E-state index in [0.29, 0.717) is 5.11 Å². The van der Waals surface area contributed by atoms with Crippen LogP contribution in [0.3, 0.4) is 0 Å². The number of aryl methyl sites for hydroxylation is 1. The summed E-state index contributed by atoms with van der Waals surface area (Å²) >= 11 is 7.59. The maximum absolute atomic E-state index is 5.92. The zero-order valence-electron chi connectivity index (χ0n) is 20.3. The van der Waals surface area contributed by atoms with Gasteiger partial charge in [-0.25, -0.2) is 9.69 Å². The van der Waals surface area contributed by atoms with Gasteiger partial charge >= 0.3 is 0 Å². The molecule has 0 fully saturated rings. The average Bonchev–Trinajstić information content (AvgIpc) is 3.70. The van der Waals surface area contributed by atoms with Crippen LogP contribution in [-0.2, 0) is 0 Å². The van der Waals surface area contributed by atoms with E-state index in [1.165, 1.54) is 5.56 Å². The van der Waals surface area contributed by atoms with Crippen LogP contribution in [0.25, 0.3) is 16.9 Å². The number of nitrogens with one attached hydrogen (secondary N) is 1. The first-order valence-electron chi connectivity index (χ1n) is 12.1. The molecule has 0 radical (unpaired) electrons. The first-order valence-corrected chi connectivity index (χ1v) is 13.5. The summed E-state index contributed by atoms with van der Waals surface area (Å²) in [6.07, 6.45) is 2.85. The van der Waals surface area contributed by atoms with E-state index in [9.17, 15) is 0 Å². The first kappa shape index (κ1) is 23.3. The number of thiophene rings is 1. The highest BCUT2D eigenvalue weighted by atomic mass is 32.1. The second-order valence-electron chi connectivity index (χ2n) is 9.00. The third kappa shape index (κ3) is 4.83. The third-order valence-electron chi connectivity index (χ3n) is 6.45. The van der Waals surface area contributed by atoms with Gasteiger partial charge in [0, 0.05) is 35.0 Å². The summed E-state index contributed by atoms with van der Waals surface area (Å²) in [6, 6.07) is 30.7. The maximum Gasteiger partial charge on any atom is 0.194 e. The van der Waals surface area contributed by atoms with E-state index in [2.05, 4.69) is 71.7 Å². The molecule has 182 valence electrons. The normalized spacial score (nSPS) is 15.0. The van der Waals surface area contributed by atoms with E-state index in [1.54, 1.807) is 11.3 Å². The molecule has 1 unspecified atom stereocenters. The van der Waals surface area contributed by atoms with Crippen molar-refractivity contribution in [3.8, 4) is 16.9 Å². The lowest BCUT2D eigenvalue weighted by Crippen LogP contribution is -2.31. The molecule has 37 heavy (non-hydrogen) atoms. The van der Waals surface area contributed by atoms with Crippen molar-refractivity contribution in [3.05, 3.63) is 125 Å². The van der Waals surface area contributed by atoms with Crippen molar-refractivity contribution in [2.45, 2.75) is 19.4 Å². The summed E-state index contributed by atoms with van der Waals surface area (Å²) in [6.45, 7) is 2.10. The Morgan fingerprint density at radius 2 is 1.65 bits per heavy atom. The highest BCUT2D eigenvalue weighted by Gasteiger charge is 2.35. The van der Waals surface area contributed by atoms with Crippen LogP contribution < -0.4 is 5.32 Å². The van der Waals surface area contributed by atoms with Crippen LogP contribution >= 0.6 is 23.6 Å². The van der Waals surface area contributed by atoms with Gasteiger partial charge in [-0.15, -0.1) is 0 Å². The lowest BCUT2D eigenvalue weighted by molar-refractivity contribution is 0.376. The summed E-state index contributed by atoms with van der Waals surface area (Å²) < 4.78 is 1.96. The van der Waals surface area contributed by atoms with Crippen LogP contribution in [-0.4, -0.2) is 25.6 Å². The zero-order chi connectivity index (χ0) is 25.2. The molecular weight excluding hydrogens is 494 g/mol. The van der Waals surface area contributed by atoms with E-state index in [-0.39, 0.29) is 6.04 Å². The summed E-state index contributed by atoms with van der Waals surface area (Å²) in [5, 5.41) is 20.2. The molecule has 5 nitrogen and oxygen atoms in total. The fraction of sp³-hybridized carbons (Fsp3) is 0.100. The van der Waals surface area contributed by atoms with E-state index in [4.69, 9.17) is 22.4 Å². The molecule has 1 N–H and O–H groups in total. The Morgan fingerprint density at radius 1 is 0.919 bits per heavy atom. The van der Waals surface area contributed by atoms with Gasteiger partial charge in [0.05, 0.1) is 23.1 Å². The van der Waals surface area contributed by atoms with Crippen molar-refractivity contribution in [2.24, 2.45) is 5.10 Å². The van der Waals surface area contributed by atoms with Crippen molar-refractivity contribution in [1.82, 2.24) is 14.8 Å². The van der Waals surface area contributed by atoms with E-state index in [1.807, 2.05) is 58.2 Å². The lowest BCUT2D eigenvalue weighted by atomic mass is 9.97. The molecule has 0 saturated heterocycles. The van der Waals surface area contributed by atoms with Crippen molar-refractivity contribution in [2.75, 3.05) is 5.32 Å². The summed E-state index contributed by atoms with van der Waals surface area (Å²) in [5.41, 5.74) is 8.40. The highest BCUT2D eigenvalue weighted by molar-refractivity contribution is 7.80. The molecule has 7 heteroatoms. The second-order valence-corrected chi connectivity index (χ2v) is 10.2. The van der Waals surface area contributed by atoms with Crippen LogP contribution in [0.4, 0.5) is 5.69 Å².